The lowest BCUT2D eigenvalue weighted by atomic mass is 10.4. The predicted molar refractivity (Wildman–Crippen MR) is 63.5 cm³/mol. The molecule has 0 aliphatic heterocycles. The maximum Gasteiger partial charge on any atom is 0.276 e. The van der Waals surface area contributed by atoms with E-state index in [9.17, 15) is 4.79 Å². The van der Waals surface area contributed by atoms with E-state index in [1.54, 1.807) is 30.3 Å². The number of nitrogens with zero attached hydrogens (tertiary/aromatic N) is 5. The summed E-state index contributed by atoms with van der Waals surface area (Å²) < 4.78 is 1.55. The Balaban J connectivity index is 2.01. The van der Waals surface area contributed by atoms with Crippen molar-refractivity contribution >= 4 is 5.91 Å². The largest absolute Gasteiger partial charge is 0.347 e. The molecule has 2 aromatic heterocycles. The van der Waals surface area contributed by atoms with Crippen molar-refractivity contribution in [2.75, 3.05) is 13.6 Å². The summed E-state index contributed by atoms with van der Waals surface area (Å²) >= 11 is 0. The number of carbonyl (C=O) groups excluding carboxylic acids is 1. The summed E-state index contributed by atoms with van der Waals surface area (Å²) in [6.45, 7) is 1.40. The molecule has 0 bridgehead atoms. The van der Waals surface area contributed by atoms with E-state index in [-0.39, 0.29) is 5.91 Å². The van der Waals surface area contributed by atoms with Gasteiger partial charge in [0.25, 0.3) is 5.91 Å². The third-order valence-corrected chi connectivity index (χ3v) is 2.40. The van der Waals surface area contributed by atoms with Gasteiger partial charge in [0.15, 0.2) is 5.69 Å². The zero-order valence-corrected chi connectivity index (χ0v) is 10.1. The molecule has 0 spiro atoms. The van der Waals surface area contributed by atoms with E-state index in [4.69, 9.17) is 5.73 Å². The SMILES string of the molecule is CN(Cc1ncc[nH]1)C(=O)c1cn(CCN)nn1. The van der Waals surface area contributed by atoms with E-state index in [0.29, 0.717) is 25.3 Å². The second kappa shape index (κ2) is 5.41. The van der Waals surface area contributed by atoms with Crippen molar-refractivity contribution in [1.82, 2.24) is 29.9 Å². The summed E-state index contributed by atoms with van der Waals surface area (Å²) in [4.78, 5) is 20.5. The molecule has 0 aliphatic carbocycles. The number of aromatic nitrogens is 5. The fourth-order valence-corrected chi connectivity index (χ4v) is 1.51. The van der Waals surface area contributed by atoms with Gasteiger partial charge in [0.1, 0.15) is 5.82 Å². The Morgan fingerprint density at radius 1 is 1.61 bits per heavy atom. The fourth-order valence-electron chi connectivity index (χ4n) is 1.51. The monoisotopic (exact) mass is 249 g/mol. The van der Waals surface area contributed by atoms with E-state index >= 15 is 0 Å². The van der Waals surface area contributed by atoms with Gasteiger partial charge in [-0.3, -0.25) is 9.48 Å². The van der Waals surface area contributed by atoms with E-state index in [2.05, 4.69) is 20.3 Å². The van der Waals surface area contributed by atoms with E-state index in [1.807, 2.05) is 0 Å². The van der Waals surface area contributed by atoms with E-state index in [1.165, 1.54) is 4.90 Å². The Morgan fingerprint density at radius 2 is 2.44 bits per heavy atom. The van der Waals surface area contributed by atoms with Gasteiger partial charge in [0.2, 0.25) is 0 Å². The summed E-state index contributed by atoms with van der Waals surface area (Å²) in [5.41, 5.74) is 5.70. The summed E-state index contributed by atoms with van der Waals surface area (Å²) in [6.07, 6.45) is 4.95. The number of nitrogens with two attached hydrogens (primary N) is 1. The van der Waals surface area contributed by atoms with Crippen LogP contribution in [0.25, 0.3) is 0 Å². The summed E-state index contributed by atoms with van der Waals surface area (Å²) in [5.74, 6) is 0.523. The molecule has 0 fully saturated rings. The maximum absolute atomic E-state index is 12.0. The Labute approximate surface area is 104 Å². The number of imidazole rings is 1. The van der Waals surface area contributed by atoms with Crippen LogP contribution in [-0.2, 0) is 13.1 Å². The number of aromatic amines is 1. The number of hydrogen-bond donors (Lipinski definition) is 2. The Morgan fingerprint density at radius 3 is 3.11 bits per heavy atom. The van der Waals surface area contributed by atoms with Gasteiger partial charge in [-0.2, -0.15) is 0 Å². The van der Waals surface area contributed by atoms with Gasteiger partial charge in [-0.05, 0) is 0 Å². The number of H-pyrrole nitrogens is 1. The van der Waals surface area contributed by atoms with Crippen LogP contribution in [0.3, 0.4) is 0 Å². The minimum absolute atomic E-state index is 0.199. The first-order valence-corrected chi connectivity index (χ1v) is 5.54. The predicted octanol–water partition coefficient (Wildman–Crippen LogP) is -0.768. The highest BCUT2D eigenvalue weighted by Crippen LogP contribution is 2.02. The van der Waals surface area contributed by atoms with Crippen LogP contribution in [0.4, 0.5) is 0 Å². The maximum atomic E-state index is 12.0. The van der Waals surface area contributed by atoms with Gasteiger partial charge in [-0.25, -0.2) is 4.98 Å². The van der Waals surface area contributed by atoms with Crippen molar-refractivity contribution in [2.45, 2.75) is 13.1 Å². The molecule has 8 nitrogen and oxygen atoms in total. The average Bonchev–Trinajstić information content (AvgIpc) is 3.00. The lowest BCUT2D eigenvalue weighted by Crippen LogP contribution is -2.27. The fraction of sp³-hybridized carbons (Fsp3) is 0.400. The van der Waals surface area contributed by atoms with Crippen molar-refractivity contribution in [1.29, 1.82) is 0 Å². The number of rotatable bonds is 5. The lowest BCUT2D eigenvalue weighted by molar-refractivity contribution is 0.0776. The number of hydrogen-bond acceptors (Lipinski definition) is 5. The minimum atomic E-state index is -0.199. The third-order valence-electron chi connectivity index (χ3n) is 2.40. The van der Waals surface area contributed by atoms with Crippen molar-refractivity contribution in [3.63, 3.8) is 0 Å². The van der Waals surface area contributed by atoms with Crippen LogP contribution in [0.2, 0.25) is 0 Å². The average molecular weight is 249 g/mol. The molecule has 0 atom stereocenters. The van der Waals surface area contributed by atoms with Gasteiger partial charge in [-0.15, -0.1) is 5.10 Å². The number of carbonyl (C=O) groups is 1. The quantitative estimate of drug-likeness (QED) is 0.724. The molecule has 0 saturated carbocycles. The third kappa shape index (κ3) is 2.72. The van der Waals surface area contributed by atoms with Gasteiger partial charge in [0.05, 0.1) is 19.3 Å². The van der Waals surface area contributed by atoms with Crippen LogP contribution < -0.4 is 5.73 Å². The van der Waals surface area contributed by atoms with Crippen LogP contribution in [0, 0.1) is 0 Å². The summed E-state index contributed by atoms with van der Waals surface area (Å²) in [6, 6.07) is 0. The Hall–Kier alpha value is -2.22. The van der Waals surface area contributed by atoms with E-state index in [0.717, 1.165) is 5.82 Å². The highest BCUT2D eigenvalue weighted by molar-refractivity contribution is 5.91. The molecule has 0 saturated heterocycles. The van der Waals surface area contributed by atoms with Crippen molar-refractivity contribution in [2.24, 2.45) is 5.73 Å². The standard InChI is InChI=1S/C10H15N7O/c1-16(7-9-12-3-4-13-9)10(18)8-6-17(5-2-11)15-14-8/h3-4,6H,2,5,7,11H2,1H3,(H,12,13). The lowest BCUT2D eigenvalue weighted by Gasteiger charge is -2.13. The highest BCUT2D eigenvalue weighted by atomic mass is 16.2. The first-order chi connectivity index (χ1) is 8.70. The first-order valence-electron chi connectivity index (χ1n) is 5.54. The van der Waals surface area contributed by atoms with Crippen LogP contribution >= 0.6 is 0 Å². The van der Waals surface area contributed by atoms with Gasteiger partial charge < -0.3 is 15.6 Å². The molecule has 0 unspecified atom stereocenters. The normalized spacial score (nSPS) is 10.6. The van der Waals surface area contributed by atoms with Crippen molar-refractivity contribution in [3.8, 4) is 0 Å². The van der Waals surface area contributed by atoms with Crippen LogP contribution in [0.15, 0.2) is 18.6 Å². The molecule has 0 radical (unpaired) electrons. The molecular weight excluding hydrogens is 234 g/mol. The summed E-state index contributed by atoms with van der Waals surface area (Å²) in [5, 5.41) is 7.64. The smallest absolute Gasteiger partial charge is 0.276 e. The Bertz CT molecular complexity index is 504. The zero-order chi connectivity index (χ0) is 13.0. The van der Waals surface area contributed by atoms with Gasteiger partial charge in [0, 0.05) is 26.0 Å². The molecular formula is C10H15N7O. The molecule has 3 N–H and O–H groups in total. The Kier molecular flexibility index (Phi) is 3.68. The molecule has 96 valence electrons. The number of nitrogens with one attached hydrogen (secondary N) is 1. The van der Waals surface area contributed by atoms with E-state index < -0.39 is 0 Å². The zero-order valence-electron chi connectivity index (χ0n) is 10.1. The van der Waals surface area contributed by atoms with Gasteiger partial charge in [-0.1, -0.05) is 5.21 Å². The highest BCUT2D eigenvalue weighted by Gasteiger charge is 2.16. The van der Waals surface area contributed by atoms with Crippen LogP contribution in [0.5, 0.6) is 0 Å². The van der Waals surface area contributed by atoms with Gasteiger partial charge >= 0.3 is 0 Å². The molecule has 1 amide bonds. The second-order valence-electron chi connectivity index (χ2n) is 3.85. The van der Waals surface area contributed by atoms with Crippen molar-refractivity contribution in [3.05, 3.63) is 30.1 Å². The molecule has 0 aromatic carbocycles. The number of amides is 1. The summed E-state index contributed by atoms with van der Waals surface area (Å²) in [7, 11) is 1.69. The minimum Gasteiger partial charge on any atom is -0.347 e. The molecule has 2 rings (SSSR count). The second-order valence-corrected chi connectivity index (χ2v) is 3.85. The van der Waals surface area contributed by atoms with Crippen LogP contribution in [0.1, 0.15) is 16.3 Å². The first kappa shape index (κ1) is 12.2. The molecule has 2 aromatic rings. The van der Waals surface area contributed by atoms with Crippen molar-refractivity contribution < 1.29 is 4.79 Å². The topological polar surface area (TPSA) is 106 Å². The molecule has 0 aliphatic rings. The molecule has 18 heavy (non-hydrogen) atoms. The molecule has 2 heterocycles. The molecule has 8 heteroatoms. The van der Waals surface area contributed by atoms with Crippen LogP contribution in [-0.4, -0.2) is 49.4 Å².